The highest BCUT2D eigenvalue weighted by Gasteiger charge is 2.27. The van der Waals surface area contributed by atoms with Crippen molar-refractivity contribution < 1.29 is 14.2 Å². The highest BCUT2D eigenvalue weighted by Crippen LogP contribution is 2.34. The molecular weight excluding hydrogens is 467 g/mol. The molecule has 196 valence electrons. The van der Waals surface area contributed by atoms with Crippen molar-refractivity contribution in [2.24, 2.45) is 5.41 Å². The van der Waals surface area contributed by atoms with Crippen LogP contribution in [-0.4, -0.2) is 17.3 Å². The first kappa shape index (κ1) is 28.6. The molecule has 3 aromatic rings. The average molecular weight is 511 g/mol. The summed E-state index contributed by atoms with van der Waals surface area (Å²) in [4.78, 5) is 2.42. The molecule has 2 nitrogen and oxygen atoms in total. The van der Waals surface area contributed by atoms with Gasteiger partial charge in [0.25, 0.3) is 0 Å². The summed E-state index contributed by atoms with van der Waals surface area (Å²) in [5.41, 5.74) is 5.27. The van der Waals surface area contributed by atoms with Gasteiger partial charge in [-0.3, -0.25) is 0 Å². The third-order valence-electron chi connectivity index (χ3n) is 6.67. The van der Waals surface area contributed by atoms with Crippen molar-refractivity contribution in [3.63, 3.8) is 0 Å². The molecule has 4 heteroatoms. The molecule has 1 aliphatic rings. The molecule has 1 aliphatic heterocycles. The van der Waals surface area contributed by atoms with Gasteiger partial charge >= 0.3 is 0 Å². The van der Waals surface area contributed by atoms with Crippen LogP contribution in [0.1, 0.15) is 94.4 Å². The molecule has 0 saturated carbocycles. The fourth-order valence-electron chi connectivity index (χ4n) is 4.55. The van der Waals surface area contributed by atoms with E-state index < -0.39 is 0 Å². The van der Waals surface area contributed by atoms with Crippen LogP contribution in [-0.2, 0) is 11.2 Å². The van der Waals surface area contributed by atoms with Gasteiger partial charge in [0.15, 0.2) is 0 Å². The Labute approximate surface area is 221 Å². The van der Waals surface area contributed by atoms with Crippen LogP contribution in [0.25, 0.3) is 10.4 Å². The average Bonchev–Trinajstić information content (AvgIpc) is 3.27. The SMILES string of the molecule is CCCCC(C)(C)C.Cc1ccc(C2CC(O)CC(C)O2)cc1Cc1ccc(-c2ccc(F)cc2)s1. The minimum absolute atomic E-state index is 0.0452. The molecule has 3 atom stereocenters. The molecule has 0 radical (unpaired) electrons. The predicted molar refractivity (Wildman–Crippen MR) is 151 cm³/mol. The topological polar surface area (TPSA) is 29.5 Å². The highest BCUT2D eigenvalue weighted by molar-refractivity contribution is 7.15. The number of aliphatic hydroxyl groups is 1. The van der Waals surface area contributed by atoms with E-state index >= 15 is 0 Å². The van der Waals surface area contributed by atoms with Crippen molar-refractivity contribution in [1.82, 2.24) is 0 Å². The summed E-state index contributed by atoms with van der Waals surface area (Å²) in [7, 11) is 0. The van der Waals surface area contributed by atoms with Crippen molar-refractivity contribution >= 4 is 11.3 Å². The van der Waals surface area contributed by atoms with Crippen LogP contribution in [0.3, 0.4) is 0 Å². The van der Waals surface area contributed by atoms with Gasteiger partial charge in [0, 0.05) is 22.6 Å². The number of halogens is 1. The molecule has 2 heterocycles. The minimum atomic E-state index is -0.297. The lowest BCUT2D eigenvalue weighted by Gasteiger charge is -2.32. The van der Waals surface area contributed by atoms with Gasteiger partial charge in [0.1, 0.15) is 5.82 Å². The Morgan fingerprint density at radius 3 is 2.36 bits per heavy atom. The van der Waals surface area contributed by atoms with Crippen LogP contribution in [0.15, 0.2) is 54.6 Å². The predicted octanol–water partition coefficient (Wildman–Crippen LogP) is 9.28. The van der Waals surface area contributed by atoms with Crippen LogP contribution in [0, 0.1) is 18.2 Å². The van der Waals surface area contributed by atoms with E-state index in [1.807, 2.05) is 19.1 Å². The molecule has 0 amide bonds. The van der Waals surface area contributed by atoms with Crippen LogP contribution in [0.5, 0.6) is 0 Å². The van der Waals surface area contributed by atoms with E-state index in [1.165, 1.54) is 47.4 Å². The Morgan fingerprint density at radius 1 is 1.03 bits per heavy atom. The summed E-state index contributed by atoms with van der Waals surface area (Å²) in [5, 5.41) is 10.1. The molecule has 0 spiro atoms. The summed E-state index contributed by atoms with van der Waals surface area (Å²) in [6, 6.07) is 17.4. The quantitative estimate of drug-likeness (QED) is 0.358. The largest absolute Gasteiger partial charge is 0.393 e. The second kappa shape index (κ2) is 13.0. The summed E-state index contributed by atoms with van der Waals surface area (Å²) in [5.74, 6) is -0.211. The third kappa shape index (κ3) is 8.83. The fourth-order valence-corrected chi connectivity index (χ4v) is 5.59. The lowest BCUT2D eigenvalue weighted by molar-refractivity contribution is -0.0895. The monoisotopic (exact) mass is 510 g/mol. The van der Waals surface area contributed by atoms with E-state index in [9.17, 15) is 9.50 Å². The van der Waals surface area contributed by atoms with E-state index in [2.05, 4.69) is 65.0 Å². The summed E-state index contributed by atoms with van der Waals surface area (Å²) in [6.45, 7) is 13.3. The summed E-state index contributed by atoms with van der Waals surface area (Å²) in [6.07, 6.45) is 6.02. The lowest BCUT2D eigenvalue weighted by atomic mass is 9.90. The molecule has 1 aromatic heterocycles. The number of aryl methyl sites for hydroxylation is 1. The van der Waals surface area contributed by atoms with Crippen molar-refractivity contribution in [3.05, 3.63) is 82.0 Å². The van der Waals surface area contributed by atoms with E-state index in [0.29, 0.717) is 18.3 Å². The van der Waals surface area contributed by atoms with Crippen LogP contribution in [0.2, 0.25) is 0 Å². The first-order chi connectivity index (χ1) is 17.0. The third-order valence-corrected chi connectivity index (χ3v) is 7.80. The number of aliphatic hydroxyl groups excluding tert-OH is 1. The maximum absolute atomic E-state index is 13.2. The van der Waals surface area contributed by atoms with Crippen LogP contribution in [0.4, 0.5) is 4.39 Å². The van der Waals surface area contributed by atoms with E-state index in [1.54, 1.807) is 11.3 Å². The molecule has 2 aromatic carbocycles. The Balaban J connectivity index is 0.000000392. The molecule has 0 bridgehead atoms. The molecule has 1 fully saturated rings. The maximum atomic E-state index is 13.2. The number of thiophene rings is 1. The minimum Gasteiger partial charge on any atom is -0.393 e. The van der Waals surface area contributed by atoms with Gasteiger partial charge in [-0.2, -0.15) is 0 Å². The molecule has 1 N–H and O–H groups in total. The molecule has 1 saturated heterocycles. The van der Waals surface area contributed by atoms with Gasteiger partial charge in [-0.05, 0) is 78.6 Å². The molecule has 4 rings (SSSR count). The van der Waals surface area contributed by atoms with Crippen molar-refractivity contribution in [2.45, 2.75) is 98.4 Å². The number of rotatable bonds is 6. The molecule has 3 unspecified atom stereocenters. The van der Waals surface area contributed by atoms with Crippen molar-refractivity contribution in [3.8, 4) is 10.4 Å². The number of benzene rings is 2. The molecule has 0 aliphatic carbocycles. The Kier molecular flexibility index (Phi) is 10.3. The van der Waals surface area contributed by atoms with Gasteiger partial charge in [-0.1, -0.05) is 70.9 Å². The van der Waals surface area contributed by atoms with Crippen molar-refractivity contribution in [1.29, 1.82) is 0 Å². The second-order valence-electron chi connectivity index (χ2n) is 11.4. The van der Waals surface area contributed by atoms with Crippen LogP contribution >= 0.6 is 11.3 Å². The van der Waals surface area contributed by atoms with E-state index in [0.717, 1.165) is 22.4 Å². The number of unbranched alkanes of at least 4 members (excludes halogenated alkanes) is 1. The maximum Gasteiger partial charge on any atom is 0.123 e. The van der Waals surface area contributed by atoms with Gasteiger partial charge in [0.05, 0.1) is 18.3 Å². The second-order valence-corrected chi connectivity index (χ2v) is 12.5. The van der Waals surface area contributed by atoms with Gasteiger partial charge in [-0.15, -0.1) is 11.3 Å². The smallest absolute Gasteiger partial charge is 0.123 e. The van der Waals surface area contributed by atoms with E-state index in [4.69, 9.17) is 4.74 Å². The van der Waals surface area contributed by atoms with Crippen molar-refractivity contribution in [2.75, 3.05) is 0 Å². The summed E-state index contributed by atoms with van der Waals surface area (Å²) >= 11 is 1.74. The Bertz CT molecular complexity index is 1070. The first-order valence-corrected chi connectivity index (χ1v) is 14.1. The zero-order valence-electron chi connectivity index (χ0n) is 22.8. The fraction of sp³-hybridized carbons (Fsp3) is 0.500. The van der Waals surface area contributed by atoms with Gasteiger partial charge in [-0.25, -0.2) is 4.39 Å². The first-order valence-electron chi connectivity index (χ1n) is 13.3. The molecule has 36 heavy (non-hydrogen) atoms. The Hall–Kier alpha value is -2.01. The molecular formula is C32H43FO2S. The zero-order chi connectivity index (χ0) is 26.3. The normalized spacial score (nSPS) is 20.1. The van der Waals surface area contributed by atoms with Crippen LogP contribution < -0.4 is 0 Å². The zero-order valence-corrected chi connectivity index (χ0v) is 23.6. The van der Waals surface area contributed by atoms with Gasteiger partial charge < -0.3 is 9.84 Å². The Morgan fingerprint density at radius 2 is 1.75 bits per heavy atom. The number of hydrogen-bond acceptors (Lipinski definition) is 3. The number of hydrogen-bond donors (Lipinski definition) is 1. The lowest BCUT2D eigenvalue weighted by Crippen LogP contribution is -2.29. The van der Waals surface area contributed by atoms with Gasteiger partial charge in [0.2, 0.25) is 0 Å². The van der Waals surface area contributed by atoms with E-state index in [-0.39, 0.29) is 24.1 Å². The number of ether oxygens (including phenoxy) is 1. The highest BCUT2D eigenvalue weighted by atomic mass is 32.1. The standard InChI is InChI=1S/C24H25FO2S.C8H18/c1-15-3-4-18(23-14-21(26)11-16(2)27-23)12-19(15)13-22-9-10-24(28-22)17-5-7-20(25)8-6-17;1-5-6-7-8(2,3)4/h3-10,12,16,21,23,26H,11,13-14H2,1-2H3;5-7H2,1-4H3. The summed E-state index contributed by atoms with van der Waals surface area (Å²) < 4.78 is 19.2.